The Morgan fingerprint density at radius 2 is 1.30 bits per heavy atom. The Labute approximate surface area is 251 Å². The molecule has 0 saturated heterocycles. The van der Waals surface area contributed by atoms with Gasteiger partial charge in [-0.05, 0) is 52.4 Å². The highest BCUT2D eigenvalue weighted by Crippen LogP contribution is 2.43. The Bertz CT molecular complexity index is 1630. The Morgan fingerprint density at radius 3 is 1.84 bits per heavy atom. The molecule has 0 aliphatic carbocycles. The molecule has 0 radical (unpaired) electrons. The van der Waals surface area contributed by atoms with Gasteiger partial charge < -0.3 is 19.1 Å². The van der Waals surface area contributed by atoms with Crippen LogP contribution in [0.15, 0.2) is 127 Å². The van der Waals surface area contributed by atoms with Crippen LogP contribution in [0.4, 0.5) is 5.69 Å². The van der Waals surface area contributed by atoms with Crippen LogP contribution >= 0.6 is 0 Å². The summed E-state index contributed by atoms with van der Waals surface area (Å²) in [5.41, 5.74) is 5.24. The van der Waals surface area contributed by atoms with E-state index in [0.717, 1.165) is 39.3 Å². The van der Waals surface area contributed by atoms with Crippen LogP contribution in [0.2, 0.25) is 0 Å². The van der Waals surface area contributed by atoms with Crippen LogP contribution in [0.25, 0.3) is 0 Å². The van der Waals surface area contributed by atoms with Crippen LogP contribution in [0.3, 0.4) is 0 Å². The molecule has 5 aromatic rings. The molecule has 0 spiro atoms. The molecule has 0 saturated carbocycles. The highest BCUT2D eigenvalue weighted by atomic mass is 16.7. The van der Waals surface area contributed by atoms with Crippen LogP contribution in [-0.2, 0) is 23.3 Å². The minimum atomic E-state index is -0.788. The fourth-order valence-corrected chi connectivity index (χ4v) is 6.27. The van der Waals surface area contributed by atoms with E-state index in [9.17, 15) is 4.79 Å². The highest BCUT2D eigenvalue weighted by Gasteiger charge is 2.43. The largest absolute Gasteiger partial charge is 0.497 e. The van der Waals surface area contributed by atoms with E-state index < -0.39 is 11.6 Å². The second kappa shape index (κ2) is 11.3. The number of nitrogens with one attached hydrogen (secondary N) is 1. The number of hydrogen-bond donors (Lipinski definition) is 1. The Hall–Kier alpha value is -5.07. The fraction of sp³-hybridized carbons (Fsp3) is 0.162. The number of hydrogen-bond acceptors (Lipinski definition) is 5. The van der Waals surface area contributed by atoms with Gasteiger partial charge in [0.1, 0.15) is 5.75 Å². The van der Waals surface area contributed by atoms with Gasteiger partial charge in [0.05, 0.1) is 30.9 Å². The zero-order chi connectivity index (χ0) is 29.2. The molecule has 214 valence electrons. The molecule has 0 fully saturated rings. The molecule has 0 unspecified atom stereocenters. The van der Waals surface area contributed by atoms with Crippen LogP contribution in [0, 0.1) is 0 Å². The molecule has 5 aromatic carbocycles. The summed E-state index contributed by atoms with van der Waals surface area (Å²) in [6.45, 7) is 0.578. The fourth-order valence-electron chi connectivity index (χ4n) is 6.27. The molecule has 1 amide bonds. The van der Waals surface area contributed by atoms with Gasteiger partial charge in [-0.2, -0.15) is 0 Å². The molecule has 1 atom stereocenters. The SMILES string of the molecule is COc1ccc(CN2C(=O)[C@@H](NC(c3ccccc3)(c3ccccc3)c3ccccc3)Cc3cc4c(cc32)OCO4)cc1. The Balaban J connectivity index is 1.36. The maximum atomic E-state index is 14.7. The van der Waals surface area contributed by atoms with Crippen LogP contribution in [0.5, 0.6) is 17.2 Å². The van der Waals surface area contributed by atoms with Crippen molar-refractivity contribution in [2.45, 2.75) is 24.5 Å². The van der Waals surface area contributed by atoms with Crippen molar-refractivity contribution in [2.75, 3.05) is 18.8 Å². The number of carbonyl (C=O) groups is 1. The molecular formula is C37H32N2O4. The van der Waals surface area contributed by atoms with E-state index in [-0.39, 0.29) is 12.7 Å². The van der Waals surface area contributed by atoms with E-state index >= 15 is 0 Å². The first kappa shape index (κ1) is 26.8. The van der Waals surface area contributed by atoms with Gasteiger partial charge in [0.15, 0.2) is 11.5 Å². The van der Waals surface area contributed by atoms with Crippen molar-refractivity contribution >= 4 is 11.6 Å². The number of anilines is 1. The lowest BCUT2D eigenvalue weighted by Crippen LogP contribution is -2.58. The second-order valence-corrected chi connectivity index (χ2v) is 10.9. The number of rotatable bonds is 8. The summed E-state index contributed by atoms with van der Waals surface area (Å²) in [6, 6.07) is 42.4. The minimum Gasteiger partial charge on any atom is -0.497 e. The van der Waals surface area contributed by atoms with Crippen molar-refractivity contribution in [3.63, 3.8) is 0 Å². The summed E-state index contributed by atoms with van der Waals surface area (Å²) < 4.78 is 16.8. The third-order valence-electron chi connectivity index (χ3n) is 8.36. The summed E-state index contributed by atoms with van der Waals surface area (Å²) in [4.78, 5) is 16.5. The monoisotopic (exact) mass is 568 g/mol. The lowest BCUT2D eigenvalue weighted by molar-refractivity contribution is -0.121. The predicted octanol–water partition coefficient (Wildman–Crippen LogP) is 6.46. The summed E-state index contributed by atoms with van der Waals surface area (Å²) in [7, 11) is 1.65. The van der Waals surface area contributed by atoms with Gasteiger partial charge in [0.25, 0.3) is 0 Å². The van der Waals surface area contributed by atoms with Gasteiger partial charge >= 0.3 is 0 Å². The minimum absolute atomic E-state index is 0.00523. The third-order valence-corrected chi connectivity index (χ3v) is 8.36. The molecule has 43 heavy (non-hydrogen) atoms. The summed E-state index contributed by atoms with van der Waals surface area (Å²) >= 11 is 0. The van der Waals surface area contributed by atoms with Crippen molar-refractivity contribution in [3.05, 3.63) is 155 Å². The quantitative estimate of drug-likeness (QED) is 0.218. The van der Waals surface area contributed by atoms with E-state index in [1.54, 1.807) is 7.11 Å². The standard InChI is InChI=1S/C37H32N2O4/c1-41-31-19-17-26(18-20-31)24-39-33-23-35-34(42-25-43-35)22-27(33)21-32(36(39)40)38-37(28-11-5-2-6-12-28,29-13-7-3-8-14-29)30-15-9-4-10-16-30/h2-20,22-23,32,38H,21,24-25H2,1H3/t32-/m0/s1. The van der Waals surface area contributed by atoms with Crippen LogP contribution < -0.4 is 24.4 Å². The number of benzene rings is 5. The molecule has 2 aliphatic rings. The third kappa shape index (κ3) is 4.90. The average Bonchev–Trinajstić information content (AvgIpc) is 3.53. The zero-order valence-electron chi connectivity index (χ0n) is 23.9. The van der Waals surface area contributed by atoms with Gasteiger partial charge in [-0.25, -0.2) is 0 Å². The number of amides is 1. The Morgan fingerprint density at radius 1 is 0.767 bits per heavy atom. The van der Waals surface area contributed by atoms with E-state index in [4.69, 9.17) is 14.2 Å². The van der Waals surface area contributed by atoms with Crippen LogP contribution in [-0.4, -0.2) is 25.9 Å². The second-order valence-electron chi connectivity index (χ2n) is 10.9. The normalized spacial score (nSPS) is 15.7. The van der Waals surface area contributed by atoms with Crippen molar-refractivity contribution in [1.82, 2.24) is 5.32 Å². The van der Waals surface area contributed by atoms with Crippen molar-refractivity contribution in [3.8, 4) is 17.2 Å². The molecule has 6 heteroatoms. The summed E-state index contributed by atoms with van der Waals surface area (Å²) in [6.07, 6.45) is 0.498. The number of methoxy groups -OCH3 is 1. The van der Waals surface area contributed by atoms with Crippen molar-refractivity contribution in [2.24, 2.45) is 0 Å². The smallest absolute Gasteiger partial charge is 0.244 e. The van der Waals surface area contributed by atoms with Gasteiger partial charge in [-0.15, -0.1) is 0 Å². The van der Waals surface area contributed by atoms with Gasteiger partial charge in [-0.3, -0.25) is 10.1 Å². The lowest BCUT2D eigenvalue weighted by atomic mass is 9.76. The average molecular weight is 569 g/mol. The van der Waals surface area contributed by atoms with E-state index in [2.05, 4.69) is 41.7 Å². The van der Waals surface area contributed by atoms with Gasteiger partial charge in [0.2, 0.25) is 12.7 Å². The zero-order valence-corrected chi connectivity index (χ0v) is 23.9. The molecule has 2 heterocycles. The lowest BCUT2D eigenvalue weighted by Gasteiger charge is -2.43. The van der Waals surface area contributed by atoms with E-state index in [1.165, 1.54) is 0 Å². The first-order valence-electron chi connectivity index (χ1n) is 14.5. The first-order valence-corrected chi connectivity index (χ1v) is 14.5. The molecular weight excluding hydrogens is 536 g/mol. The summed E-state index contributed by atoms with van der Waals surface area (Å²) in [5.74, 6) is 2.13. The maximum absolute atomic E-state index is 14.7. The van der Waals surface area contributed by atoms with Crippen LogP contribution in [0.1, 0.15) is 27.8 Å². The maximum Gasteiger partial charge on any atom is 0.244 e. The van der Waals surface area contributed by atoms with Crippen molar-refractivity contribution in [1.29, 1.82) is 0 Å². The molecule has 6 nitrogen and oxygen atoms in total. The molecule has 7 rings (SSSR count). The molecule has 0 aromatic heterocycles. The van der Waals surface area contributed by atoms with Gasteiger partial charge in [0, 0.05) is 6.07 Å². The predicted molar refractivity (Wildman–Crippen MR) is 167 cm³/mol. The number of carbonyl (C=O) groups excluding carboxylic acids is 1. The summed E-state index contributed by atoms with van der Waals surface area (Å²) in [5, 5.41) is 3.93. The Kier molecular flexibility index (Phi) is 7.05. The van der Waals surface area contributed by atoms with Gasteiger partial charge in [-0.1, -0.05) is 103 Å². The topological polar surface area (TPSA) is 60.0 Å². The number of fused-ring (bicyclic) bond motifs is 2. The first-order chi connectivity index (χ1) is 21.2. The van der Waals surface area contributed by atoms with E-state index in [1.807, 2.05) is 95.9 Å². The van der Waals surface area contributed by atoms with Crippen molar-refractivity contribution < 1.29 is 19.0 Å². The molecule has 1 N–H and O–H groups in total. The number of nitrogens with zero attached hydrogens (tertiary/aromatic N) is 1. The van der Waals surface area contributed by atoms with E-state index in [0.29, 0.717) is 24.5 Å². The highest BCUT2D eigenvalue weighted by molar-refractivity contribution is 6.01. The number of ether oxygens (including phenoxy) is 3. The molecule has 2 aliphatic heterocycles. The molecule has 0 bridgehead atoms.